The van der Waals surface area contributed by atoms with Crippen LogP contribution in [0.2, 0.25) is 10.0 Å². The first-order valence-corrected chi connectivity index (χ1v) is 8.85. The van der Waals surface area contributed by atoms with E-state index >= 15 is 0 Å². The predicted molar refractivity (Wildman–Crippen MR) is 106 cm³/mol. The van der Waals surface area contributed by atoms with Crippen molar-refractivity contribution in [2.24, 2.45) is 0 Å². The second kappa shape index (κ2) is 9.39. The normalized spacial score (nSPS) is 10.2. The molecule has 2 aromatic rings. The predicted octanol–water partition coefficient (Wildman–Crippen LogP) is 3.13. The molecule has 0 aliphatic heterocycles. The van der Waals surface area contributed by atoms with E-state index in [1.165, 1.54) is 30.1 Å². The molecule has 0 saturated heterocycles. The maximum Gasteiger partial charge on any atom is 0.253 e. The first kappa shape index (κ1) is 20.7. The lowest BCUT2D eigenvalue weighted by molar-refractivity contribution is -0.132. The molecule has 0 spiro atoms. The number of hydrogen-bond donors (Lipinski definition) is 2. The molecule has 6 nitrogen and oxygen atoms in total. The summed E-state index contributed by atoms with van der Waals surface area (Å²) in [6.07, 6.45) is 0. The number of likely N-dealkylation sites (N-methyl/N-ethyl adjacent to an activating group) is 1. The van der Waals surface area contributed by atoms with Crippen molar-refractivity contribution in [2.75, 3.05) is 25.5 Å². The van der Waals surface area contributed by atoms with Gasteiger partial charge in [-0.25, -0.2) is 0 Å². The summed E-state index contributed by atoms with van der Waals surface area (Å²) < 4.78 is 0. The molecule has 0 unspecified atom stereocenters. The Morgan fingerprint density at radius 3 is 2.33 bits per heavy atom. The summed E-state index contributed by atoms with van der Waals surface area (Å²) in [6.45, 7) is 1.56. The van der Waals surface area contributed by atoms with Crippen LogP contribution in [0.1, 0.15) is 15.9 Å². The standard InChI is InChI=1S/C19H19Cl2N3O3/c1-12-3-6-14(7-4-12)23-17(25)11-24(2)18(26)10-22-19(27)15-8-5-13(20)9-16(15)21/h3-9H,10-11H2,1-2H3,(H,22,27)(H,23,25). The van der Waals surface area contributed by atoms with Crippen molar-refractivity contribution >= 4 is 46.6 Å². The van der Waals surface area contributed by atoms with Gasteiger partial charge in [-0.3, -0.25) is 14.4 Å². The van der Waals surface area contributed by atoms with Gasteiger partial charge in [0, 0.05) is 17.8 Å². The van der Waals surface area contributed by atoms with Crippen molar-refractivity contribution < 1.29 is 14.4 Å². The second-order valence-electron chi connectivity index (χ2n) is 5.97. The molecule has 27 heavy (non-hydrogen) atoms. The highest BCUT2D eigenvalue weighted by Crippen LogP contribution is 2.20. The summed E-state index contributed by atoms with van der Waals surface area (Å²) in [7, 11) is 1.48. The lowest BCUT2D eigenvalue weighted by Crippen LogP contribution is -2.41. The molecule has 2 rings (SSSR count). The number of nitrogens with one attached hydrogen (secondary N) is 2. The average Bonchev–Trinajstić information content (AvgIpc) is 2.61. The Hall–Kier alpha value is -2.57. The van der Waals surface area contributed by atoms with Crippen LogP contribution in [0.15, 0.2) is 42.5 Å². The van der Waals surface area contributed by atoms with E-state index in [9.17, 15) is 14.4 Å². The molecule has 0 bridgehead atoms. The number of benzene rings is 2. The molecule has 8 heteroatoms. The molecule has 0 saturated carbocycles. The zero-order chi connectivity index (χ0) is 20.0. The van der Waals surface area contributed by atoms with E-state index in [2.05, 4.69) is 10.6 Å². The summed E-state index contributed by atoms with van der Waals surface area (Å²) in [6, 6.07) is 11.8. The van der Waals surface area contributed by atoms with Gasteiger partial charge in [0.15, 0.2) is 0 Å². The highest BCUT2D eigenvalue weighted by atomic mass is 35.5. The highest BCUT2D eigenvalue weighted by Gasteiger charge is 2.16. The SMILES string of the molecule is Cc1ccc(NC(=O)CN(C)C(=O)CNC(=O)c2ccc(Cl)cc2Cl)cc1. The van der Waals surface area contributed by atoms with Crippen LogP contribution < -0.4 is 10.6 Å². The summed E-state index contributed by atoms with van der Waals surface area (Å²) in [4.78, 5) is 37.5. The van der Waals surface area contributed by atoms with Gasteiger partial charge < -0.3 is 15.5 Å². The quantitative estimate of drug-likeness (QED) is 0.771. The number of amides is 3. The fourth-order valence-electron chi connectivity index (χ4n) is 2.20. The molecular formula is C19H19Cl2N3O3. The minimum absolute atomic E-state index is 0.135. The Bertz CT molecular complexity index is 854. The Balaban J connectivity index is 1.83. The van der Waals surface area contributed by atoms with Crippen LogP contribution in [0, 0.1) is 6.92 Å². The molecule has 0 aromatic heterocycles. The molecule has 2 N–H and O–H groups in total. The summed E-state index contributed by atoms with van der Waals surface area (Å²) in [5.41, 5.74) is 1.95. The van der Waals surface area contributed by atoms with Gasteiger partial charge >= 0.3 is 0 Å². The van der Waals surface area contributed by atoms with E-state index < -0.39 is 11.8 Å². The van der Waals surface area contributed by atoms with Crippen LogP contribution in [-0.4, -0.2) is 42.8 Å². The van der Waals surface area contributed by atoms with Gasteiger partial charge in [0.25, 0.3) is 5.91 Å². The Kier molecular flexibility index (Phi) is 7.21. The number of anilines is 1. The Labute approximate surface area is 167 Å². The van der Waals surface area contributed by atoms with Crippen LogP contribution >= 0.6 is 23.2 Å². The zero-order valence-electron chi connectivity index (χ0n) is 14.9. The monoisotopic (exact) mass is 407 g/mol. The molecule has 0 fully saturated rings. The number of halogens is 2. The minimum Gasteiger partial charge on any atom is -0.343 e. The summed E-state index contributed by atoms with van der Waals surface area (Å²) >= 11 is 11.8. The van der Waals surface area contributed by atoms with Gasteiger partial charge in [-0.15, -0.1) is 0 Å². The van der Waals surface area contributed by atoms with Crippen LogP contribution in [0.3, 0.4) is 0 Å². The van der Waals surface area contributed by atoms with E-state index in [0.717, 1.165) is 5.56 Å². The van der Waals surface area contributed by atoms with Crippen molar-refractivity contribution in [3.8, 4) is 0 Å². The smallest absolute Gasteiger partial charge is 0.253 e. The van der Waals surface area contributed by atoms with Crippen LogP contribution in [0.5, 0.6) is 0 Å². The second-order valence-corrected chi connectivity index (χ2v) is 6.81. The number of carbonyl (C=O) groups excluding carboxylic acids is 3. The largest absolute Gasteiger partial charge is 0.343 e. The maximum atomic E-state index is 12.1. The van der Waals surface area contributed by atoms with Gasteiger partial charge in [-0.2, -0.15) is 0 Å². The maximum absolute atomic E-state index is 12.1. The molecule has 142 valence electrons. The first-order chi connectivity index (χ1) is 12.8. The van der Waals surface area contributed by atoms with Crippen LogP contribution in [0.4, 0.5) is 5.69 Å². The lowest BCUT2D eigenvalue weighted by atomic mass is 10.2. The fraction of sp³-hybridized carbons (Fsp3) is 0.211. The zero-order valence-corrected chi connectivity index (χ0v) is 16.4. The number of hydrogen-bond acceptors (Lipinski definition) is 3. The van der Waals surface area contributed by atoms with Gasteiger partial charge in [0.1, 0.15) is 0 Å². The molecule has 0 aliphatic carbocycles. The molecule has 0 aliphatic rings. The third kappa shape index (κ3) is 6.27. The van der Waals surface area contributed by atoms with Gasteiger partial charge in [-0.05, 0) is 37.3 Å². The molecular weight excluding hydrogens is 389 g/mol. The topological polar surface area (TPSA) is 78.5 Å². The third-order valence-electron chi connectivity index (χ3n) is 3.72. The number of nitrogens with zero attached hydrogens (tertiary/aromatic N) is 1. The Morgan fingerprint density at radius 1 is 1.04 bits per heavy atom. The first-order valence-electron chi connectivity index (χ1n) is 8.10. The molecule has 0 atom stereocenters. The average molecular weight is 408 g/mol. The van der Waals surface area contributed by atoms with E-state index in [-0.39, 0.29) is 29.6 Å². The van der Waals surface area contributed by atoms with Crippen molar-refractivity contribution in [3.05, 3.63) is 63.6 Å². The van der Waals surface area contributed by atoms with Crippen LogP contribution in [-0.2, 0) is 9.59 Å². The third-order valence-corrected chi connectivity index (χ3v) is 4.27. The highest BCUT2D eigenvalue weighted by molar-refractivity contribution is 6.36. The van der Waals surface area contributed by atoms with E-state index in [0.29, 0.717) is 10.7 Å². The number of rotatable bonds is 6. The van der Waals surface area contributed by atoms with Crippen LogP contribution in [0.25, 0.3) is 0 Å². The van der Waals surface area contributed by atoms with Crippen molar-refractivity contribution in [1.29, 1.82) is 0 Å². The minimum atomic E-state index is -0.498. The van der Waals surface area contributed by atoms with Gasteiger partial charge in [0.2, 0.25) is 11.8 Å². The van der Waals surface area contributed by atoms with E-state index in [1.807, 2.05) is 19.1 Å². The summed E-state index contributed by atoms with van der Waals surface area (Å²) in [5.74, 6) is -1.24. The lowest BCUT2D eigenvalue weighted by Gasteiger charge is -2.17. The van der Waals surface area contributed by atoms with Gasteiger partial charge in [0.05, 0.1) is 23.7 Å². The van der Waals surface area contributed by atoms with Gasteiger partial charge in [-0.1, -0.05) is 40.9 Å². The molecule has 2 aromatic carbocycles. The Morgan fingerprint density at radius 2 is 1.70 bits per heavy atom. The van der Waals surface area contributed by atoms with Crippen molar-refractivity contribution in [1.82, 2.24) is 10.2 Å². The van der Waals surface area contributed by atoms with E-state index in [1.54, 1.807) is 12.1 Å². The van der Waals surface area contributed by atoms with Crippen molar-refractivity contribution in [3.63, 3.8) is 0 Å². The molecule has 3 amide bonds. The number of aryl methyl sites for hydroxylation is 1. The van der Waals surface area contributed by atoms with Crippen molar-refractivity contribution in [2.45, 2.75) is 6.92 Å². The summed E-state index contributed by atoms with van der Waals surface area (Å²) in [5, 5.41) is 5.79. The molecule has 0 heterocycles. The fourth-order valence-corrected chi connectivity index (χ4v) is 2.70. The van der Waals surface area contributed by atoms with E-state index in [4.69, 9.17) is 23.2 Å². The molecule has 0 radical (unpaired) electrons. The number of carbonyl (C=O) groups is 3.